The van der Waals surface area contributed by atoms with Crippen molar-refractivity contribution < 1.29 is 4.74 Å². The van der Waals surface area contributed by atoms with E-state index in [0.717, 1.165) is 5.56 Å². The number of rotatable bonds is 5. The molecule has 0 saturated carbocycles. The topological polar surface area (TPSA) is 35.2 Å². The van der Waals surface area contributed by atoms with Crippen LogP contribution >= 0.6 is 23.2 Å². The van der Waals surface area contributed by atoms with Gasteiger partial charge in [0.05, 0.1) is 11.6 Å². The van der Waals surface area contributed by atoms with Gasteiger partial charge in [0.2, 0.25) is 0 Å². The summed E-state index contributed by atoms with van der Waals surface area (Å²) in [4.78, 5) is 0. The van der Waals surface area contributed by atoms with Crippen molar-refractivity contribution in [2.45, 2.75) is 5.92 Å². The summed E-state index contributed by atoms with van der Waals surface area (Å²) < 4.78 is 5.73. The van der Waals surface area contributed by atoms with E-state index in [9.17, 15) is 0 Å². The summed E-state index contributed by atoms with van der Waals surface area (Å²) >= 11 is 12.0. The number of nitrogens with two attached hydrogens (primary N) is 1. The minimum absolute atomic E-state index is 0.0926. The molecule has 2 nitrogen and oxygen atoms in total. The van der Waals surface area contributed by atoms with Crippen molar-refractivity contribution in [3.8, 4) is 5.75 Å². The van der Waals surface area contributed by atoms with Crippen molar-refractivity contribution in [2.24, 2.45) is 5.73 Å². The Kier molecular flexibility index (Phi) is 5.08. The van der Waals surface area contributed by atoms with Crippen LogP contribution in [0.3, 0.4) is 0 Å². The molecule has 0 radical (unpaired) electrons. The van der Waals surface area contributed by atoms with Gasteiger partial charge in [-0.15, -0.1) is 0 Å². The molecule has 0 saturated heterocycles. The molecule has 2 N–H and O–H groups in total. The minimum atomic E-state index is 0.0926. The summed E-state index contributed by atoms with van der Waals surface area (Å²) in [6.07, 6.45) is 0. The number of ether oxygens (including phenoxy) is 1. The third-order valence-electron chi connectivity index (χ3n) is 2.88. The largest absolute Gasteiger partial charge is 0.491 e. The standard InChI is InChI=1S/C15H15Cl2NO/c16-13-5-3-4-11(8-13)12(9-18)10-19-15-7-2-1-6-14(15)17/h1-8,12H,9-10,18H2. The molecule has 0 aromatic heterocycles. The van der Waals surface area contributed by atoms with Crippen molar-refractivity contribution >= 4 is 23.2 Å². The zero-order valence-corrected chi connectivity index (χ0v) is 11.9. The van der Waals surface area contributed by atoms with E-state index in [2.05, 4.69) is 0 Å². The first-order valence-electron chi connectivity index (χ1n) is 6.03. The fraction of sp³-hybridized carbons (Fsp3) is 0.200. The van der Waals surface area contributed by atoms with Gasteiger partial charge < -0.3 is 10.5 Å². The molecule has 1 unspecified atom stereocenters. The van der Waals surface area contributed by atoms with E-state index < -0.39 is 0 Å². The van der Waals surface area contributed by atoms with Crippen molar-refractivity contribution in [1.29, 1.82) is 0 Å². The molecule has 4 heteroatoms. The Hall–Kier alpha value is -1.22. The van der Waals surface area contributed by atoms with Crippen LogP contribution < -0.4 is 10.5 Å². The molecular formula is C15H15Cl2NO. The number of hydrogen-bond donors (Lipinski definition) is 1. The smallest absolute Gasteiger partial charge is 0.137 e. The second kappa shape index (κ2) is 6.80. The normalized spacial score (nSPS) is 12.2. The van der Waals surface area contributed by atoms with E-state index >= 15 is 0 Å². The number of halogens is 2. The van der Waals surface area contributed by atoms with Crippen molar-refractivity contribution in [3.63, 3.8) is 0 Å². The van der Waals surface area contributed by atoms with E-state index in [4.69, 9.17) is 33.7 Å². The summed E-state index contributed by atoms with van der Waals surface area (Å²) in [6, 6.07) is 15.1. The average molecular weight is 296 g/mol. The second-order valence-corrected chi connectivity index (χ2v) is 5.07. The average Bonchev–Trinajstić information content (AvgIpc) is 2.41. The first-order valence-corrected chi connectivity index (χ1v) is 6.79. The molecule has 1 atom stereocenters. The fourth-order valence-corrected chi connectivity index (χ4v) is 2.20. The van der Waals surface area contributed by atoms with Crippen LogP contribution in [0.2, 0.25) is 10.0 Å². The highest BCUT2D eigenvalue weighted by atomic mass is 35.5. The van der Waals surface area contributed by atoms with E-state index in [1.54, 1.807) is 6.07 Å². The molecule has 2 aromatic carbocycles. The zero-order valence-electron chi connectivity index (χ0n) is 10.4. The van der Waals surface area contributed by atoms with Crippen LogP contribution in [-0.4, -0.2) is 13.2 Å². The molecule has 0 spiro atoms. The fourth-order valence-electron chi connectivity index (χ4n) is 1.81. The van der Waals surface area contributed by atoms with Crippen LogP contribution in [-0.2, 0) is 0 Å². The predicted molar refractivity (Wildman–Crippen MR) is 80.2 cm³/mol. The van der Waals surface area contributed by atoms with Crippen molar-refractivity contribution in [1.82, 2.24) is 0 Å². The van der Waals surface area contributed by atoms with Gasteiger partial charge in [-0.1, -0.05) is 47.5 Å². The van der Waals surface area contributed by atoms with Crippen LogP contribution in [0, 0.1) is 0 Å². The summed E-state index contributed by atoms with van der Waals surface area (Å²) in [5.74, 6) is 0.764. The Morgan fingerprint density at radius 2 is 1.84 bits per heavy atom. The van der Waals surface area contributed by atoms with Gasteiger partial charge >= 0.3 is 0 Å². The molecule has 0 aliphatic heterocycles. The molecular weight excluding hydrogens is 281 g/mol. The van der Waals surface area contributed by atoms with E-state index in [-0.39, 0.29) is 5.92 Å². The van der Waals surface area contributed by atoms with Crippen LogP contribution in [0.4, 0.5) is 0 Å². The van der Waals surface area contributed by atoms with Crippen LogP contribution in [0.25, 0.3) is 0 Å². The summed E-state index contributed by atoms with van der Waals surface area (Å²) in [6.45, 7) is 0.964. The lowest BCUT2D eigenvalue weighted by atomic mass is 10.0. The Balaban J connectivity index is 2.06. The first-order chi connectivity index (χ1) is 9.20. The first kappa shape index (κ1) is 14.2. The Bertz CT molecular complexity index is 545. The molecule has 0 fully saturated rings. The van der Waals surface area contributed by atoms with Crippen LogP contribution in [0.5, 0.6) is 5.75 Å². The lowest BCUT2D eigenvalue weighted by Crippen LogP contribution is -2.19. The Morgan fingerprint density at radius 1 is 1.05 bits per heavy atom. The highest BCUT2D eigenvalue weighted by Crippen LogP contribution is 2.25. The highest BCUT2D eigenvalue weighted by molar-refractivity contribution is 6.32. The molecule has 2 rings (SSSR count). The Morgan fingerprint density at radius 3 is 2.53 bits per heavy atom. The molecule has 100 valence electrons. The summed E-state index contributed by atoms with van der Waals surface area (Å²) in [5, 5.41) is 1.30. The van der Waals surface area contributed by atoms with Gasteiger partial charge in [-0.2, -0.15) is 0 Å². The third kappa shape index (κ3) is 3.87. The van der Waals surface area contributed by atoms with Gasteiger partial charge in [-0.3, -0.25) is 0 Å². The SMILES string of the molecule is NCC(COc1ccccc1Cl)c1cccc(Cl)c1. The zero-order chi connectivity index (χ0) is 13.7. The lowest BCUT2D eigenvalue weighted by Gasteiger charge is -2.17. The highest BCUT2D eigenvalue weighted by Gasteiger charge is 2.12. The third-order valence-corrected chi connectivity index (χ3v) is 3.43. The number of hydrogen-bond acceptors (Lipinski definition) is 2. The van der Waals surface area contributed by atoms with Crippen molar-refractivity contribution in [3.05, 3.63) is 64.1 Å². The summed E-state index contributed by atoms with van der Waals surface area (Å²) in [7, 11) is 0. The molecule has 0 bridgehead atoms. The van der Waals surface area contributed by atoms with Crippen LogP contribution in [0.1, 0.15) is 11.5 Å². The molecule has 19 heavy (non-hydrogen) atoms. The Labute approximate surface area is 123 Å². The second-order valence-electron chi connectivity index (χ2n) is 4.23. The van der Waals surface area contributed by atoms with Gasteiger partial charge in [0.1, 0.15) is 5.75 Å². The number of para-hydroxylation sites is 1. The van der Waals surface area contributed by atoms with Gasteiger partial charge in [0.15, 0.2) is 0 Å². The van der Waals surface area contributed by atoms with Gasteiger partial charge in [0, 0.05) is 17.5 Å². The van der Waals surface area contributed by atoms with Gasteiger partial charge in [-0.05, 0) is 29.8 Å². The van der Waals surface area contributed by atoms with E-state index in [0.29, 0.717) is 28.9 Å². The van der Waals surface area contributed by atoms with E-state index in [1.165, 1.54) is 0 Å². The minimum Gasteiger partial charge on any atom is -0.491 e. The van der Waals surface area contributed by atoms with Crippen LogP contribution in [0.15, 0.2) is 48.5 Å². The predicted octanol–water partition coefficient (Wildman–Crippen LogP) is 4.11. The van der Waals surface area contributed by atoms with Gasteiger partial charge in [0.25, 0.3) is 0 Å². The monoisotopic (exact) mass is 295 g/mol. The van der Waals surface area contributed by atoms with E-state index in [1.807, 2.05) is 42.5 Å². The van der Waals surface area contributed by atoms with Crippen molar-refractivity contribution in [2.75, 3.05) is 13.2 Å². The maximum absolute atomic E-state index is 6.04. The molecule has 0 amide bonds. The quantitative estimate of drug-likeness (QED) is 0.901. The number of benzene rings is 2. The molecule has 0 aliphatic carbocycles. The lowest BCUT2D eigenvalue weighted by molar-refractivity contribution is 0.290. The van der Waals surface area contributed by atoms with Gasteiger partial charge in [-0.25, -0.2) is 0 Å². The summed E-state index contributed by atoms with van der Waals surface area (Å²) in [5.41, 5.74) is 6.87. The molecule has 0 aliphatic rings. The molecule has 0 heterocycles. The maximum atomic E-state index is 6.04. The molecule has 2 aromatic rings. The maximum Gasteiger partial charge on any atom is 0.137 e.